The van der Waals surface area contributed by atoms with Crippen LogP contribution in [0.3, 0.4) is 0 Å². The Bertz CT molecular complexity index is 922. The van der Waals surface area contributed by atoms with Gasteiger partial charge in [0.25, 0.3) is 0 Å². The van der Waals surface area contributed by atoms with E-state index in [1.165, 1.54) is 17.3 Å². The predicted octanol–water partition coefficient (Wildman–Crippen LogP) is 4.01. The van der Waals surface area contributed by atoms with E-state index in [0.29, 0.717) is 11.4 Å². The van der Waals surface area contributed by atoms with Crippen LogP contribution in [-0.4, -0.2) is 33.5 Å². The molecule has 1 N–H and O–H groups in total. The van der Waals surface area contributed by atoms with Crippen LogP contribution in [0.4, 0.5) is 5.69 Å². The van der Waals surface area contributed by atoms with Crippen LogP contribution in [0.1, 0.15) is 12.5 Å². The molecule has 0 fully saturated rings. The summed E-state index contributed by atoms with van der Waals surface area (Å²) in [6.45, 7) is 4.83. The van der Waals surface area contributed by atoms with Gasteiger partial charge in [-0.1, -0.05) is 47.7 Å². The number of thioether (sulfide) groups is 1. The number of nitrogens with zero attached hydrogens (tertiary/aromatic N) is 3. The predicted molar refractivity (Wildman–Crippen MR) is 108 cm³/mol. The van der Waals surface area contributed by atoms with Gasteiger partial charge in [0, 0.05) is 23.9 Å². The molecule has 3 rings (SSSR count). The fraction of sp³-hybridized carbons (Fsp3) is 0.250. The Hall–Kier alpha value is -2.80. The molecular weight excluding hydrogens is 360 g/mol. The van der Waals surface area contributed by atoms with Crippen molar-refractivity contribution in [3.8, 4) is 17.1 Å². The Kier molecular flexibility index (Phi) is 6.13. The van der Waals surface area contributed by atoms with Gasteiger partial charge in [-0.3, -0.25) is 4.79 Å². The minimum atomic E-state index is -0.101. The third-order valence-corrected chi connectivity index (χ3v) is 5.00. The van der Waals surface area contributed by atoms with Crippen LogP contribution in [0.2, 0.25) is 0 Å². The molecule has 27 heavy (non-hydrogen) atoms. The minimum absolute atomic E-state index is 0.101. The highest BCUT2D eigenvalue weighted by Gasteiger charge is 2.14. The second kappa shape index (κ2) is 8.73. The number of hydrogen-bond donors (Lipinski definition) is 1. The van der Waals surface area contributed by atoms with Crippen LogP contribution in [-0.2, 0) is 11.3 Å². The highest BCUT2D eigenvalue weighted by atomic mass is 32.2. The summed E-state index contributed by atoms with van der Waals surface area (Å²) in [6, 6.07) is 15.5. The highest BCUT2D eigenvalue weighted by Crippen LogP contribution is 2.24. The molecule has 0 unspecified atom stereocenters. The van der Waals surface area contributed by atoms with Gasteiger partial charge in [0.15, 0.2) is 11.0 Å². The third kappa shape index (κ3) is 4.68. The zero-order valence-electron chi connectivity index (χ0n) is 15.6. The average molecular weight is 382 g/mol. The molecule has 1 aromatic heterocycles. The number of nitrogens with one attached hydrogen (secondary N) is 1. The number of amides is 1. The van der Waals surface area contributed by atoms with Crippen molar-refractivity contribution in [1.29, 1.82) is 0 Å². The van der Waals surface area contributed by atoms with Gasteiger partial charge in [-0.05, 0) is 26.0 Å². The maximum Gasteiger partial charge on any atom is 0.234 e. The molecule has 0 spiro atoms. The van der Waals surface area contributed by atoms with Crippen LogP contribution < -0.4 is 10.1 Å². The first-order valence-electron chi connectivity index (χ1n) is 8.67. The van der Waals surface area contributed by atoms with Gasteiger partial charge in [-0.2, -0.15) is 0 Å². The van der Waals surface area contributed by atoms with Gasteiger partial charge in [-0.25, -0.2) is 0 Å². The fourth-order valence-electron chi connectivity index (χ4n) is 2.62. The van der Waals surface area contributed by atoms with Crippen molar-refractivity contribution in [1.82, 2.24) is 14.8 Å². The van der Waals surface area contributed by atoms with E-state index in [0.717, 1.165) is 23.1 Å². The largest absolute Gasteiger partial charge is 0.497 e. The van der Waals surface area contributed by atoms with Crippen LogP contribution in [0.25, 0.3) is 11.4 Å². The second-order valence-electron chi connectivity index (χ2n) is 5.99. The smallest absolute Gasteiger partial charge is 0.234 e. The van der Waals surface area contributed by atoms with E-state index in [1.807, 2.05) is 41.8 Å². The molecular formula is C20H22N4O2S. The van der Waals surface area contributed by atoms with E-state index in [9.17, 15) is 4.79 Å². The van der Waals surface area contributed by atoms with E-state index in [4.69, 9.17) is 4.74 Å². The van der Waals surface area contributed by atoms with Crippen molar-refractivity contribution < 1.29 is 9.53 Å². The summed E-state index contributed by atoms with van der Waals surface area (Å²) in [6.07, 6.45) is 0. The molecule has 0 aliphatic heterocycles. The number of rotatable bonds is 7. The van der Waals surface area contributed by atoms with Gasteiger partial charge in [0.2, 0.25) is 5.91 Å². The van der Waals surface area contributed by atoms with Crippen molar-refractivity contribution in [2.75, 3.05) is 18.2 Å². The Morgan fingerprint density at radius 3 is 2.67 bits per heavy atom. The molecule has 1 amide bonds. The molecule has 2 aromatic carbocycles. The van der Waals surface area contributed by atoms with E-state index in [-0.39, 0.29) is 11.7 Å². The van der Waals surface area contributed by atoms with Crippen molar-refractivity contribution in [3.05, 3.63) is 54.1 Å². The molecule has 0 bridgehead atoms. The number of aromatic nitrogens is 3. The number of methoxy groups -OCH3 is 1. The van der Waals surface area contributed by atoms with Gasteiger partial charge < -0.3 is 14.6 Å². The first-order chi connectivity index (χ1) is 13.1. The lowest BCUT2D eigenvalue weighted by molar-refractivity contribution is -0.113. The second-order valence-corrected chi connectivity index (χ2v) is 6.93. The van der Waals surface area contributed by atoms with E-state index >= 15 is 0 Å². The number of anilines is 1. The van der Waals surface area contributed by atoms with Crippen molar-refractivity contribution in [3.63, 3.8) is 0 Å². The molecule has 0 atom stereocenters. The molecule has 1 heterocycles. The standard InChI is InChI=1S/C20H22N4O2S/c1-4-24-19(15-10-8-14(2)9-11-15)22-23-20(24)27-13-18(25)21-16-6-5-7-17(12-16)26-3/h5-12H,4,13H2,1-3H3,(H,21,25). The highest BCUT2D eigenvalue weighted by molar-refractivity contribution is 7.99. The van der Waals surface area contributed by atoms with Crippen LogP contribution in [0, 0.1) is 6.92 Å². The van der Waals surface area contributed by atoms with E-state index in [1.54, 1.807) is 13.2 Å². The quantitative estimate of drug-likeness (QED) is 0.625. The monoisotopic (exact) mass is 382 g/mol. The topological polar surface area (TPSA) is 69.0 Å². The van der Waals surface area contributed by atoms with Gasteiger partial charge in [0.1, 0.15) is 5.75 Å². The summed E-state index contributed by atoms with van der Waals surface area (Å²) in [5.74, 6) is 1.67. The lowest BCUT2D eigenvalue weighted by atomic mass is 10.1. The van der Waals surface area contributed by atoms with Gasteiger partial charge in [-0.15, -0.1) is 10.2 Å². The average Bonchev–Trinajstić information content (AvgIpc) is 3.10. The molecule has 0 saturated carbocycles. The lowest BCUT2D eigenvalue weighted by Gasteiger charge is -2.08. The Morgan fingerprint density at radius 2 is 1.96 bits per heavy atom. The fourth-order valence-corrected chi connectivity index (χ4v) is 3.43. The van der Waals surface area contributed by atoms with Crippen LogP contribution >= 0.6 is 11.8 Å². The summed E-state index contributed by atoms with van der Waals surface area (Å²) < 4.78 is 7.19. The zero-order valence-corrected chi connectivity index (χ0v) is 16.4. The summed E-state index contributed by atoms with van der Waals surface area (Å²) in [5.41, 5.74) is 2.92. The first kappa shape index (κ1) is 19.0. The molecule has 0 radical (unpaired) electrons. The summed E-state index contributed by atoms with van der Waals surface area (Å²) >= 11 is 1.37. The molecule has 0 aliphatic carbocycles. The molecule has 0 saturated heterocycles. The summed E-state index contributed by atoms with van der Waals surface area (Å²) in [5, 5.41) is 12.2. The number of aryl methyl sites for hydroxylation is 1. The molecule has 7 heteroatoms. The number of ether oxygens (including phenoxy) is 1. The Labute approximate surface area is 163 Å². The SMILES string of the molecule is CCn1c(SCC(=O)Nc2cccc(OC)c2)nnc1-c1ccc(C)cc1. The van der Waals surface area contributed by atoms with Gasteiger partial charge in [0.05, 0.1) is 12.9 Å². The zero-order chi connectivity index (χ0) is 19.2. The Morgan fingerprint density at radius 1 is 1.19 bits per heavy atom. The first-order valence-corrected chi connectivity index (χ1v) is 9.66. The number of carbonyl (C=O) groups excluding carboxylic acids is 1. The number of carbonyl (C=O) groups is 1. The minimum Gasteiger partial charge on any atom is -0.497 e. The van der Waals surface area contributed by atoms with E-state index < -0.39 is 0 Å². The van der Waals surface area contributed by atoms with Crippen molar-refractivity contribution in [2.45, 2.75) is 25.5 Å². The lowest BCUT2D eigenvalue weighted by Crippen LogP contribution is -2.14. The normalized spacial score (nSPS) is 10.6. The number of hydrogen-bond acceptors (Lipinski definition) is 5. The number of benzene rings is 2. The third-order valence-electron chi connectivity index (χ3n) is 4.03. The van der Waals surface area contributed by atoms with Crippen LogP contribution in [0.5, 0.6) is 5.75 Å². The summed E-state index contributed by atoms with van der Waals surface area (Å²) in [4.78, 5) is 12.3. The van der Waals surface area contributed by atoms with Gasteiger partial charge >= 0.3 is 0 Å². The van der Waals surface area contributed by atoms with Crippen molar-refractivity contribution in [2.24, 2.45) is 0 Å². The molecule has 140 valence electrons. The van der Waals surface area contributed by atoms with E-state index in [2.05, 4.69) is 34.6 Å². The Balaban J connectivity index is 1.67. The molecule has 3 aromatic rings. The summed E-state index contributed by atoms with van der Waals surface area (Å²) in [7, 11) is 1.60. The van der Waals surface area contributed by atoms with Crippen LogP contribution in [0.15, 0.2) is 53.7 Å². The molecule has 6 nitrogen and oxygen atoms in total. The maximum atomic E-state index is 12.3. The van der Waals surface area contributed by atoms with Crippen molar-refractivity contribution >= 4 is 23.4 Å². The maximum absolute atomic E-state index is 12.3. The molecule has 0 aliphatic rings.